The van der Waals surface area contributed by atoms with Gasteiger partial charge in [-0.1, -0.05) is 0 Å². The van der Waals surface area contributed by atoms with Crippen molar-refractivity contribution in [2.24, 2.45) is 5.73 Å². The molecule has 1 amide bonds. The lowest BCUT2D eigenvalue weighted by atomic mass is 10.1. The Morgan fingerprint density at radius 2 is 2.19 bits per heavy atom. The molecule has 0 fully saturated rings. The molecule has 16 heavy (non-hydrogen) atoms. The van der Waals surface area contributed by atoms with Crippen molar-refractivity contribution in [1.82, 2.24) is 4.98 Å². The fraction of sp³-hybridized carbons (Fsp3) is 0.250. The molecule has 0 saturated heterocycles. The smallest absolute Gasteiger partial charge is 0.282 e. The minimum Gasteiger partial charge on any atom is -0.364 e. The van der Waals surface area contributed by atoms with E-state index in [1.54, 1.807) is 0 Å². The van der Waals surface area contributed by atoms with Crippen LogP contribution in [0.25, 0.3) is 0 Å². The summed E-state index contributed by atoms with van der Waals surface area (Å²) in [6.07, 6.45) is -3.03. The molecule has 0 spiro atoms. The highest BCUT2D eigenvalue weighted by molar-refractivity contribution is 5.91. The van der Waals surface area contributed by atoms with E-state index in [1.807, 2.05) is 0 Å². The average Bonchev–Trinajstić information content (AvgIpc) is 2.15. The topological polar surface area (TPSA) is 99.1 Å². The van der Waals surface area contributed by atoms with Gasteiger partial charge in [0.05, 0.1) is 10.6 Å². The van der Waals surface area contributed by atoms with Crippen LogP contribution >= 0.6 is 0 Å². The number of halogens is 2. The minimum absolute atomic E-state index is 0.280. The number of carbonyl (C=O) groups is 1. The first kappa shape index (κ1) is 12.0. The fourth-order valence-electron chi connectivity index (χ4n) is 1.21. The van der Waals surface area contributed by atoms with Crippen LogP contribution in [0.5, 0.6) is 0 Å². The van der Waals surface area contributed by atoms with Gasteiger partial charge in [-0.3, -0.25) is 14.9 Å². The molecule has 0 unspecified atom stereocenters. The summed E-state index contributed by atoms with van der Waals surface area (Å²) in [6, 6.07) is 0.650. The summed E-state index contributed by atoms with van der Waals surface area (Å²) < 4.78 is 25.0. The molecule has 2 N–H and O–H groups in total. The van der Waals surface area contributed by atoms with Crippen molar-refractivity contribution in [2.75, 3.05) is 0 Å². The fourth-order valence-corrected chi connectivity index (χ4v) is 1.21. The number of nitrogens with zero attached hydrogens (tertiary/aromatic N) is 2. The number of pyridine rings is 1. The molecule has 0 radical (unpaired) electrons. The van der Waals surface area contributed by atoms with Gasteiger partial charge in [-0.15, -0.1) is 0 Å². The number of alkyl halides is 2. The maximum atomic E-state index is 12.5. The highest BCUT2D eigenvalue weighted by atomic mass is 19.3. The zero-order chi connectivity index (χ0) is 12.5. The second kappa shape index (κ2) is 4.17. The summed E-state index contributed by atoms with van der Waals surface area (Å²) in [4.78, 5) is 23.8. The molecule has 6 nitrogen and oxygen atoms in total. The first-order chi connectivity index (χ1) is 7.34. The molecule has 1 heterocycles. The van der Waals surface area contributed by atoms with Crippen LogP contribution in [-0.2, 0) is 0 Å². The maximum Gasteiger partial charge on any atom is 0.282 e. The number of nitro groups is 1. The molecule has 0 aliphatic carbocycles. The number of hydrogen-bond donors (Lipinski definition) is 1. The Morgan fingerprint density at radius 1 is 1.62 bits per heavy atom. The Balaban J connectivity index is 3.52. The number of aromatic nitrogens is 1. The van der Waals surface area contributed by atoms with E-state index in [0.717, 1.165) is 6.92 Å². The van der Waals surface area contributed by atoms with Crippen LogP contribution in [0.1, 0.15) is 28.2 Å². The van der Waals surface area contributed by atoms with Gasteiger partial charge in [-0.2, -0.15) is 0 Å². The van der Waals surface area contributed by atoms with Crippen molar-refractivity contribution >= 4 is 11.6 Å². The zero-order valence-corrected chi connectivity index (χ0v) is 8.11. The molecular weight excluding hydrogens is 224 g/mol. The van der Waals surface area contributed by atoms with E-state index in [2.05, 4.69) is 4.98 Å². The van der Waals surface area contributed by atoms with Gasteiger partial charge in [0, 0.05) is 6.07 Å². The van der Waals surface area contributed by atoms with E-state index in [-0.39, 0.29) is 5.69 Å². The van der Waals surface area contributed by atoms with Crippen LogP contribution in [0, 0.1) is 17.0 Å². The zero-order valence-electron chi connectivity index (χ0n) is 8.11. The van der Waals surface area contributed by atoms with Crippen molar-refractivity contribution < 1.29 is 18.5 Å². The van der Waals surface area contributed by atoms with Gasteiger partial charge in [0.1, 0.15) is 11.3 Å². The lowest BCUT2D eigenvalue weighted by Crippen LogP contribution is -2.15. The average molecular weight is 231 g/mol. The van der Waals surface area contributed by atoms with E-state index in [0.29, 0.717) is 6.07 Å². The Bertz CT molecular complexity index is 462. The summed E-state index contributed by atoms with van der Waals surface area (Å²) in [5.74, 6) is -1.01. The van der Waals surface area contributed by atoms with Crippen LogP contribution in [-0.4, -0.2) is 15.8 Å². The molecular formula is C8H7F2N3O3. The second-order valence-corrected chi connectivity index (χ2v) is 2.95. The highest BCUT2D eigenvalue weighted by Gasteiger charge is 2.27. The van der Waals surface area contributed by atoms with E-state index in [4.69, 9.17) is 5.73 Å². The molecule has 0 aliphatic rings. The Labute approximate surface area is 88.2 Å². The van der Waals surface area contributed by atoms with Gasteiger partial charge in [0.2, 0.25) is 0 Å². The first-order valence-electron chi connectivity index (χ1n) is 4.08. The van der Waals surface area contributed by atoms with Crippen LogP contribution in [0.15, 0.2) is 6.07 Å². The molecule has 1 rings (SSSR count). The van der Waals surface area contributed by atoms with Crippen LogP contribution in [0.4, 0.5) is 14.5 Å². The number of primary amides is 1. The van der Waals surface area contributed by atoms with E-state index in [1.165, 1.54) is 0 Å². The summed E-state index contributed by atoms with van der Waals surface area (Å²) in [6.45, 7) is 1.15. The summed E-state index contributed by atoms with van der Waals surface area (Å²) in [5, 5.41) is 10.5. The molecule has 1 aromatic rings. The first-order valence-corrected chi connectivity index (χ1v) is 4.08. The number of nitrogens with two attached hydrogens (primary N) is 1. The van der Waals surface area contributed by atoms with Crippen molar-refractivity contribution in [3.05, 3.63) is 33.1 Å². The van der Waals surface area contributed by atoms with Gasteiger partial charge in [-0.05, 0) is 6.92 Å². The van der Waals surface area contributed by atoms with E-state index >= 15 is 0 Å². The minimum atomic E-state index is -3.03. The Hall–Kier alpha value is -2.12. The Kier molecular flexibility index (Phi) is 3.11. The standard InChI is InChI=1S/C8H7F2N3O3/c1-3-6(7(9)10)5(13(15)16)2-4(12-3)8(11)14/h2,7H,1H3,(H2,11,14). The largest absolute Gasteiger partial charge is 0.364 e. The third kappa shape index (κ3) is 2.10. The van der Waals surface area contributed by atoms with Gasteiger partial charge < -0.3 is 5.73 Å². The van der Waals surface area contributed by atoms with Crippen molar-refractivity contribution in [2.45, 2.75) is 13.3 Å². The van der Waals surface area contributed by atoms with Crippen LogP contribution < -0.4 is 5.73 Å². The third-order valence-electron chi connectivity index (χ3n) is 1.89. The number of hydrogen-bond acceptors (Lipinski definition) is 4. The maximum absolute atomic E-state index is 12.5. The normalized spacial score (nSPS) is 10.5. The molecule has 0 aliphatic heterocycles. The predicted octanol–water partition coefficient (Wildman–Crippen LogP) is 1.33. The SMILES string of the molecule is Cc1nc(C(N)=O)cc([N+](=O)[O-])c1C(F)F. The molecule has 86 valence electrons. The van der Waals surface area contributed by atoms with E-state index < -0.39 is 34.2 Å². The molecule has 1 aromatic heterocycles. The Morgan fingerprint density at radius 3 is 2.56 bits per heavy atom. The molecule has 0 saturated carbocycles. The number of rotatable bonds is 3. The van der Waals surface area contributed by atoms with Crippen LogP contribution in [0.2, 0.25) is 0 Å². The lowest BCUT2D eigenvalue weighted by Gasteiger charge is -2.06. The molecule has 0 atom stereocenters. The molecule has 8 heteroatoms. The third-order valence-corrected chi connectivity index (χ3v) is 1.89. The van der Waals surface area contributed by atoms with Crippen molar-refractivity contribution in [1.29, 1.82) is 0 Å². The monoisotopic (exact) mass is 231 g/mol. The number of carbonyl (C=O) groups excluding carboxylic acids is 1. The van der Waals surface area contributed by atoms with Gasteiger partial charge in [-0.25, -0.2) is 13.8 Å². The predicted molar refractivity (Wildman–Crippen MR) is 49.1 cm³/mol. The van der Waals surface area contributed by atoms with Crippen molar-refractivity contribution in [3.8, 4) is 0 Å². The summed E-state index contributed by atoms with van der Waals surface area (Å²) in [5.41, 5.74) is 2.53. The summed E-state index contributed by atoms with van der Waals surface area (Å²) in [7, 11) is 0. The quantitative estimate of drug-likeness (QED) is 0.626. The summed E-state index contributed by atoms with van der Waals surface area (Å²) >= 11 is 0. The molecule has 0 aromatic carbocycles. The second-order valence-electron chi connectivity index (χ2n) is 2.95. The highest BCUT2D eigenvalue weighted by Crippen LogP contribution is 2.31. The van der Waals surface area contributed by atoms with Crippen LogP contribution in [0.3, 0.4) is 0 Å². The lowest BCUT2D eigenvalue weighted by molar-refractivity contribution is -0.386. The van der Waals surface area contributed by atoms with Gasteiger partial charge >= 0.3 is 0 Å². The van der Waals surface area contributed by atoms with Gasteiger partial charge in [0.15, 0.2) is 0 Å². The van der Waals surface area contributed by atoms with Gasteiger partial charge in [0.25, 0.3) is 18.0 Å². The number of amides is 1. The van der Waals surface area contributed by atoms with Crippen molar-refractivity contribution in [3.63, 3.8) is 0 Å². The van der Waals surface area contributed by atoms with E-state index in [9.17, 15) is 23.7 Å². The number of aryl methyl sites for hydroxylation is 1. The molecule has 0 bridgehead atoms.